The van der Waals surface area contributed by atoms with E-state index in [-0.39, 0.29) is 11.6 Å². The largest absolute Gasteiger partial charge is 0.480 e. The van der Waals surface area contributed by atoms with Crippen LogP contribution in [0.1, 0.15) is 65.7 Å². The fourth-order valence-corrected chi connectivity index (χ4v) is 6.32. The molecule has 4 fully saturated rings. The Bertz CT molecular complexity index is 388. The normalized spacial score (nSPS) is 49.3. The fraction of sp³-hybridized carbons (Fsp3) is 0.938. The third kappa shape index (κ3) is 2.20. The molecule has 0 aliphatic heterocycles. The Kier molecular flexibility index (Phi) is 2.80. The van der Waals surface area contributed by atoms with Gasteiger partial charge in [-0.1, -0.05) is 20.8 Å². The average Bonchev–Trinajstić information content (AvgIpc) is 2.20. The van der Waals surface area contributed by atoms with Crippen molar-refractivity contribution < 1.29 is 9.90 Å². The third-order valence-electron chi connectivity index (χ3n) is 5.81. The van der Waals surface area contributed by atoms with Gasteiger partial charge in [0.05, 0.1) is 0 Å². The van der Waals surface area contributed by atoms with Crippen molar-refractivity contribution in [1.82, 2.24) is 5.32 Å². The van der Waals surface area contributed by atoms with Gasteiger partial charge in [0.15, 0.2) is 0 Å². The number of carboxylic acid groups (broad SMARTS) is 1. The molecular weight excluding hydrogens is 238 g/mol. The summed E-state index contributed by atoms with van der Waals surface area (Å²) in [5.74, 6) is 0.124. The molecule has 0 saturated heterocycles. The number of rotatable bonds is 4. The molecule has 0 radical (unpaired) electrons. The number of carbonyl (C=O) groups is 1. The molecule has 4 aliphatic carbocycles. The molecule has 3 nitrogen and oxygen atoms in total. The van der Waals surface area contributed by atoms with Gasteiger partial charge in [0.2, 0.25) is 0 Å². The van der Waals surface area contributed by atoms with Crippen molar-refractivity contribution in [3.05, 3.63) is 0 Å². The molecule has 3 unspecified atom stereocenters. The van der Waals surface area contributed by atoms with E-state index in [2.05, 4.69) is 19.2 Å². The lowest BCUT2D eigenvalue weighted by molar-refractivity contribution is -0.146. The first-order valence-corrected chi connectivity index (χ1v) is 7.78. The van der Waals surface area contributed by atoms with Gasteiger partial charge in [0.1, 0.15) is 6.04 Å². The van der Waals surface area contributed by atoms with Crippen molar-refractivity contribution in [3.63, 3.8) is 0 Å². The van der Waals surface area contributed by atoms with Crippen molar-refractivity contribution in [3.8, 4) is 0 Å². The molecule has 4 saturated carbocycles. The number of aliphatic carboxylic acids is 1. The number of carboxylic acids is 1. The Balaban J connectivity index is 1.86. The maximum Gasteiger partial charge on any atom is 0.320 e. The summed E-state index contributed by atoms with van der Waals surface area (Å²) in [5, 5.41) is 12.9. The average molecular weight is 265 g/mol. The highest BCUT2D eigenvalue weighted by molar-refractivity contribution is 5.73. The lowest BCUT2D eigenvalue weighted by Gasteiger charge is -2.66. The van der Waals surface area contributed by atoms with Crippen LogP contribution in [-0.4, -0.2) is 22.7 Å². The van der Waals surface area contributed by atoms with Crippen LogP contribution in [0.3, 0.4) is 0 Å². The number of nitrogens with one attached hydrogen (secondary N) is 1. The summed E-state index contributed by atoms with van der Waals surface area (Å²) in [6.07, 6.45) is 8.28. The van der Waals surface area contributed by atoms with Crippen LogP contribution < -0.4 is 5.32 Å². The molecule has 0 aromatic carbocycles. The highest BCUT2D eigenvalue weighted by Crippen LogP contribution is 2.66. The second kappa shape index (κ2) is 3.97. The van der Waals surface area contributed by atoms with Crippen molar-refractivity contribution >= 4 is 5.97 Å². The molecule has 0 amide bonds. The van der Waals surface area contributed by atoms with E-state index in [4.69, 9.17) is 0 Å². The lowest BCUT2D eigenvalue weighted by atomic mass is 9.42. The zero-order chi connectivity index (χ0) is 13.9. The Morgan fingerprint density at radius 2 is 1.79 bits per heavy atom. The predicted octanol–water partition coefficient (Wildman–Crippen LogP) is 3.19. The van der Waals surface area contributed by atoms with Crippen LogP contribution in [-0.2, 0) is 4.79 Å². The molecule has 3 heteroatoms. The Hall–Kier alpha value is -0.570. The molecule has 2 N–H and O–H groups in total. The summed E-state index contributed by atoms with van der Waals surface area (Å²) in [4.78, 5) is 11.4. The summed E-state index contributed by atoms with van der Waals surface area (Å²) in [6.45, 7) is 6.82. The van der Waals surface area contributed by atoms with E-state index in [1.54, 1.807) is 0 Å². The smallest absolute Gasteiger partial charge is 0.320 e. The quantitative estimate of drug-likeness (QED) is 0.820. The van der Waals surface area contributed by atoms with Gasteiger partial charge in [-0.3, -0.25) is 10.1 Å². The number of hydrogen-bond acceptors (Lipinski definition) is 2. The maximum atomic E-state index is 11.4. The minimum atomic E-state index is -0.687. The molecule has 0 spiro atoms. The van der Waals surface area contributed by atoms with Gasteiger partial charge >= 0.3 is 5.97 Å². The van der Waals surface area contributed by atoms with Crippen LogP contribution in [0.25, 0.3) is 0 Å². The van der Waals surface area contributed by atoms with Gasteiger partial charge in [-0.15, -0.1) is 0 Å². The standard InChI is InChI=1S/C16H27NO2/c1-4-12(13(18)19)17-16-7-11-5-14(2,9-16)8-15(3,6-11)10-16/h11-12,17H,4-10H2,1-3H3,(H,18,19). The van der Waals surface area contributed by atoms with E-state index in [0.717, 1.165) is 5.92 Å². The van der Waals surface area contributed by atoms with Crippen LogP contribution in [0.15, 0.2) is 0 Å². The van der Waals surface area contributed by atoms with E-state index in [0.29, 0.717) is 17.3 Å². The minimum Gasteiger partial charge on any atom is -0.480 e. The first kappa shape index (κ1) is 13.4. The van der Waals surface area contributed by atoms with E-state index in [9.17, 15) is 9.90 Å². The first-order chi connectivity index (χ1) is 8.77. The lowest BCUT2D eigenvalue weighted by Crippen LogP contribution is -2.66. The maximum absolute atomic E-state index is 11.4. The summed E-state index contributed by atoms with van der Waals surface area (Å²) in [5.41, 5.74) is 0.984. The molecule has 0 aromatic heterocycles. The van der Waals surface area contributed by atoms with Gasteiger partial charge < -0.3 is 5.11 Å². The van der Waals surface area contributed by atoms with E-state index in [1.165, 1.54) is 38.5 Å². The molecule has 3 atom stereocenters. The van der Waals surface area contributed by atoms with Crippen LogP contribution >= 0.6 is 0 Å². The third-order valence-corrected chi connectivity index (χ3v) is 5.81. The monoisotopic (exact) mass is 265 g/mol. The summed E-state index contributed by atoms with van der Waals surface area (Å²) < 4.78 is 0. The second-order valence-corrected chi connectivity index (χ2v) is 8.35. The minimum absolute atomic E-state index is 0.0992. The molecule has 0 aromatic rings. The topological polar surface area (TPSA) is 49.3 Å². The van der Waals surface area contributed by atoms with Crippen LogP contribution in [0, 0.1) is 16.7 Å². The van der Waals surface area contributed by atoms with Crippen molar-refractivity contribution in [2.24, 2.45) is 16.7 Å². The van der Waals surface area contributed by atoms with Gasteiger partial charge in [0.25, 0.3) is 0 Å². The predicted molar refractivity (Wildman–Crippen MR) is 75.0 cm³/mol. The van der Waals surface area contributed by atoms with Gasteiger partial charge in [0, 0.05) is 5.54 Å². The highest BCUT2D eigenvalue weighted by atomic mass is 16.4. The Labute approximate surface area is 116 Å². The Morgan fingerprint density at radius 1 is 1.21 bits per heavy atom. The molecular formula is C16H27NO2. The molecule has 0 heterocycles. The first-order valence-electron chi connectivity index (χ1n) is 7.78. The molecule has 4 bridgehead atoms. The highest BCUT2D eigenvalue weighted by Gasteiger charge is 2.60. The zero-order valence-electron chi connectivity index (χ0n) is 12.5. The van der Waals surface area contributed by atoms with E-state index in [1.807, 2.05) is 6.92 Å². The van der Waals surface area contributed by atoms with Crippen molar-refractivity contribution in [2.45, 2.75) is 77.3 Å². The van der Waals surface area contributed by atoms with Gasteiger partial charge in [-0.2, -0.15) is 0 Å². The van der Waals surface area contributed by atoms with Gasteiger partial charge in [-0.05, 0) is 61.7 Å². The van der Waals surface area contributed by atoms with Crippen molar-refractivity contribution in [2.75, 3.05) is 0 Å². The summed E-state index contributed by atoms with van der Waals surface area (Å²) in [7, 11) is 0. The Morgan fingerprint density at radius 3 is 2.21 bits per heavy atom. The summed E-state index contributed by atoms with van der Waals surface area (Å²) >= 11 is 0. The zero-order valence-corrected chi connectivity index (χ0v) is 12.5. The number of hydrogen-bond donors (Lipinski definition) is 2. The van der Waals surface area contributed by atoms with Crippen LogP contribution in [0.2, 0.25) is 0 Å². The molecule has 108 valence electrons. The van der Waals surface area contributed by atoms with E-state index < -0.39 is 5.97 Å². The van der Waals surface area contributed by atoms with Crippen LogP contribution in [0.4, 0.5) is 0 Å². The molecule has 4 rings (SSSR count). The SMILES string of the molecule is CCC(NC12CC3CC(C)(CC(C)(C3)C1)C2)C(=O)O. The van der Waals surface area contributed by atoms with Gasteiger partial charge in [-0.25, -0.2) is 0 Å². The molecule has 4 aliphatic rings. The second-order valence-electron chi connectivity index (χ2n) is 8.35. The van der Waals surface area contributed by atoms with Crippen LogP contribution in [0.5, 0.6) is 0 Å². The molecule has 19 heavy (non-hydrogen) atoms. The van der Waals surface area contributed by atoms with Crippen molar-refractivity contribution in [1.29, 1.82) is 0 Å². The fourth-order valence-electron chi connectivity index (χ4n) is 6.32. The summed E-state index contributed by atoms with van der Waals surface area (Å²) in [6, 6.07) is -0.372. The van der Waals surface area contributed by atoms with E-state index >= 15 is 0 Å².